The van der Waals surface area contributed by atoms with Crippen molar-refractivity contribution < 1.29 is 23.1 Å². The number of nitrogens with zero attached hydrogens (tertiary/aromatic N) is 3. The Labute approximate surface area is 205 Å². The molecule has 0 aliphatic heterocycles. The van der Waals surface area contributed by atoms with Crippen LogP contribution in [0.2, 0.25) is 0 Å². The predicted octanol–water partition coefficient (Wildman–Crippen LogP) is 6.12. The molecule has 35 heavy (non-hydrogen) atoms. The van der Waals surface area contributed by atoms with Crippen LogP contribution in [0.1, 0.15) is 53.7 Å². The Morgan fingerprint density at radius 1 is 1.14 bits per heavy atom. The summed E-state index contributed by atoms with van der Waals surface area (Å²) in [5.41, 5.74) is 0.660. The van der Waals surface area contributed by atoms with E-state index in [2.05, 4.69) is 30.9 Å². The molecule has 3 aromatic rings. The van der Waals surface area contributed by atoms with E-state index in [1.165, 1.54) is 12.3 Å². The number of rotatable bonds is 7. The monoisotopic (exact) mass is 508 g/mol. The zero-order valence-electron chi connectivity index (χ0n) is 20.0. The molecule has 4 N–H and O–H groups in total. The van der Waals surface area contributed by atoms with Crippen LogP contribution in [0.15, 0.2) is 24.4 Å². The maximum absolute atomic E-state index is 13.4. The van der Waals surface area contributed by atoms with Crippen LogP contribution in [0.4, 0.5) is 35.8 Å². The number of aryl methyl sites for hydroxylation is 1. The number of hydrogen-bond acceptors (Lipinski definition) is 8. The minimum atomic E-state index is -4.66. The molecule has 0 fully saturated rings. The molecule has 2 heterocycles. The van der Waals surface area contributed by atoms with E-state index in [0.29, 0.717) is 24.2 Å². The lowest BCUT2D eigenvalue weighted by atomic mass is 9.92. The molecular weight excluding hydrogens is 481 g/mol. The summed E-state index contributed by atoms with van der Waals surface area (Å²) in [6, 6.07) is 4.01. The maximum atomic E-state index is 13.4. The molecule has 0 aliphatic rings. The minimum absolute atomic E-state index is 0.0108. The SMILES string of the molecule is Cc1ccc(O)c(C)c1NC(=O)c1cnc(Nc2cc(C(F)(F)F)nc(NCCC(C)(C)C)n2)s1. The highest BCUT2D eigenvalue weighted by molar-refractivity contribution is 7.17. The van der Waals surface area contributed by atoms with Crippen LogP contribution in [0.3, 0.4) is 0 Å². The van der Waals surface area contributed by atoms with Crippen LogP contribution < -0.4 is 16.0 Å². The van der Waals surface area contributed by atoms with Gasteiger partial charge in [-0.05, 0) is 37.3 Å². The number of carbonyl (C=O) groups excluding carboxylic acids is 1. The number of anilines is 4. The molecule has 0 spiro atoms. The van der Waals surface area contributed by atoms with Gasteiger partial charge in [-0.1, -0.05) is 38.2 Å². The molecule has 0 radical (unpaired) electrons. The number of thiazole rings is 1. The molecule has 1 amide bonds. The fraction of sp³-hybridized carbons (Fsp3) is 0.391. The van der Waals surface area contributed by atoms with Gasteiger partial charge >= 0.3 is 6.18 Å². The summed E-state index contributed by atoms with van der Waals surface area (Å²) in [6.07, 6.45) is -2.65. The van der Waals surface area contributed by atoms with E-state index in [1.807, 2.05) is 20.8 Å². The number of phenols is 1. The van der Waals surface area contributed by atoms with E-state index >= 15 is 0 Å². The molecule has 1 aromatic carbocycles. The summed E-state index contributed by atoms with van der Waals surface area (Å²) in [4.78, 5) is 24.7. The highest BCUT2D eigenvalue weighted by Gasteiger charge is 2.34. The topological polar surface area (TPSA) is 112 Å². The van der Waals surface area contributed by atoms with Crippen LogP contribution in [0.5, 0.6) is 5.75 Å². The Balaban J connectivity index is 1.78. The second-order valence-electron chi connectivity index (χ2n) is 9.21. The molecule has 0 aliphatic carbocycles. The van der Waals surface area contributed by atoms with Crippen molar-refractivity contribution in [2.24, 2.45) is 5.41 Å². The third kappa shape index (κ3) is 7.04. The number of nitrogens with one attached hydrogen (secondary N) is 3. The largest absolute Gasteiger partial charge is 0.508 e. The Kier molecular flexibility index (Phi) is 7.53. The van der Waals surface area contributed by atoms with Gasteiger partial charge in [0.15, 0.2) is 10.8 Å². The number of phenolic OH excluding ortho intramolecular Hbond substituents is 1. The third-order valence-corrected chi connectivity index (χ3v) is 5.93. The highest BCUT2D eigenvalue weighted by Crippen LogP contribution is 2.32. The van der Waals surface area contributed by atoms with Gasteiger partial charge in [-0.3, -0.25) is 4.79 Å². The first-order chi connectivity index (χ1) is 16.2. The zero-order valence-corrected chi connectivity index (χ0v) is 20.8. The van der Waals surface area contributed by atoms with Crippen molar-refractivity contribution in [2.45, 2.75) is 47.2 Å². The number of alkyl halides is 3. The van der Waals surface area contributed by atoms with Crippen LogP contribution in [-0.4, -0.2) is 32.5 Å². The number of carbonyl (C=O) groups is 1. The van der Waals surface area contributed by atoms with Gasteiger partial charge in [0, 0.05) is 18.2 Å². The fourth-order valence-electron chi connectivity index (χ4n) is 3.03. The van der Waals surface area contributed by atoms with Crippen LogP contribution in [0, 0.1) is 19.3 Å². The van der Waals surface area contributed by atoms with E-state index in [0.717, 1.165) is 23.0 Å². The van der Waals surface area contributed by atoms with Gasteiger partial charge in [-0.25, -0.2) is 9.97 Å². The standard InChI is InChI=1S/C23H27F3N6O2S/c1-12-6-7-14(33)13(2)18(12)32-19(34)15-11-28-21(35-15)31-17-10-16(23(24,25)26)29-20(30-17)27-9-8-22(3,4)5/h6-7,10-11,33H,8-9H2,1-5H3,(H,32,34)(H2,27,28,29,30,31). The summed E-state index contributed by atoms with van der Waals surface area (Å²) in [7, 11) is 0. The zero-order chi connectivity index (χ0) is 26.0. The average molecular weight is 509 g/mol. The van der Waals surface area contributed by atoms with Crippen LogP contribution in [-0.2, 0) is 6.18 Å². The maximum Gasteiger partial charge on any atom is 0.433 e. The van der Waals surface area contributed by atoms with Crippen molar-refractivity contribution >= 4 is 39.8 Å². The summed E-state index contributed by atoms with van der Waals surface area (Å²) >= 11 is 0.953. The van der Waals surface area contributed by atoms with Gasteiger partial charge < -0.3 is 21.1 Å². The molecule has 3 rings (SSSR count). The number of aromatic nitrogens is 3. The molecule has 8 nitrogen and oxygen atoms in total. The molecule has 0 bridgehead atoms. The van der Waals surface area contributed by atoms with E-state index < -0.39 is 17.8 Å². The van der Waals surface area contributed by atoms with E-state index in [4.69, 9.17) is 0 Å². The second-order valence-corrected chi connectivity index (χ2v) is 10.2. The van der Waals surface area contributed by atoms with Crippen LogP contribution in [0.25, 0.3) is 0 Å². The van der Waals surface area contributed by atoms with E-state index in [9.17, 15) is 23.1 Å². The number of hydrogen-bond donors (Lipinski definition) is 4. The number of amides is 1. The van der Waals surface area contributed by atoms with Gasteiger partial charge in [-0.15, -0.1) is 0 Å². The lowest BCUT2D eigenvalue weighted by Gasteiger charge is -2.18. The lowest BCUT2D eigenvalue weighted by Crippen LogP contribution is -2.17. The Bertz CT molecular complexity index is 1220. The molecule has 0 atom stereocenters. The molecule has 2 aromatic heterocycles. The van der Waals surface area contributed by atoms with Crippen molar-refractivity contribution in [3.63, 3.8) is 0 Å². The number of halogens is 3. The molecule has 0 saturated carbocycles. The first-order valence-electron chi connectivity index (χ1n) is 10.8. The minimum Gasteiger partial charge on any atom is -0.508 e. The van der Waals surface area contributed by atoms with Crippen molar-refractivity contribution in [1.29, 1.82) is 0 Å². The van der Waals surface area contributed by atoms with Gasteiger partial charge in [0.25, 0.3) is 5.91 Å². The number of aromatic hydroxyl groups is 1. The first-order valence-corrected chi connectivity index (χ1v) is 11.6. The fourth-order valence-corrected chi connectivity index (χ4v) is 3.75. The third-order valence-electron chi connectivity index (χ3n) is 5.02. The number of benzene rings is 1. The van der Waals surface area contributed by atoms with Crippen molar-refractivity contribution in [2.75, 3.05) is 22.5 Å². The summed E-state index contributed by atoms with van der Waals surface area (Å²) in [6.45, 7) is 9.94. The van der Waals surface area contributed by atoms with E-state index in [-0.39, 0.29) is 32.9 Å². The van der Waals surface area contributed by atoms with Crippen molar-refractivity contribution in [3.8, 4) is 5.75 Å². The average Bonchev–Trinajstić information content (AvgIpc) is 3.21. The first kappa shape index (κ1) is 26.2. The smallest absolute Gasteiger partial charge is 0.433 e. The summed E-state index contributed by atoms with van der Waals surface area (Å²) in [5, 5.41) is 18.4. The van der Waals surface area contributed by atoms with Crippen molar-refractivity contribution in [3.05, 3.63) is 46.1 Å². The molecular formula is C23H27F3N6O2S. The van der Waals surface area contributed by atoms with Gasteiger partial charge in [0.1, 0.15) is 16.4 Å². The lowest BCUT2D eigenvalue weighted by molar-refractivity contribution is -0.141. The van der Waals surface area contributed by atoms with Gasteiger partial charge in [0.05, 0.1) is 11.9 Å². The predicted molar refractivity (Wildman–Crippen MR) is 131 cm³/mol. The second kappa shape index (κ2) is 10.1. The Hall–Kier alpha value is -3.41. The van der Waals surface area contributed by atoms with Crippen LogP contribution >= 0.6 is 11.3 Å². The normalized spacial score (nSPS) is 11.9. The Morgan fingerprint density at radius 2 is 1.86 bits per heavy atom. The Morgan fingerprint density at radius 3 is 2.51 bits per heavy atom. The highest BCUT2D eigenvalue weighted by atomic mass is 32.1. The summed E-state index contributed by atoms with van der Waals surface area (Å²) in [5.74, 6) is -0.674. The quantitative estimate of drug-likeness (QED) is 0.304. The van der Waals surface area contributed by atoms with Gasteiger partial charge in [-0.2, -0.15) is 18.2 Å². The van der Waals surface area contributed by atoms with Gasteiger partial charge in [0.2, 0.25) is 5.95 Å². The molecule has 12 heteroatoms. The molecule has 0 unspecified atom stereocenters. The molecule has 0 saturated heterocycles. The van der Waals surface area contributed by atoms with E-state index in [1.54, 1.807) is 19.9 Å². The van der Waals surface area contributed by atoms with Crippen molar-refractivity contribution in [1.82, 2.24) is 15.0 Å². The molecule has 188 valence electrons. The summed E-state index contributed by atoms with van der Waals surface area (Å²) < 4.78 is 40.1.